The number of hydrogen-bond donors (Lipinski definition) is 1. The first-order valence-electron chi connectivity index (χ1n) is 4.26. The van der Waals surface area contributed by atoms with Gasteiger partial charge in [-0.3, -0.25) is 4.79 Å². The van der Waals surface area contributed by atoms with Crippen molar-refractivity contribution in [2.45, 2.75) is 0 Å². The molecule has 0 unspecified atom stereocenters. The molecule has 0 saturated carbocycles. The second-order valence-corrected chi connectivity index (χ2v) is 2.58. The summed E-state index contributed by atoms with van der Waals surface area (Å²) in [5.41, 5.74) is 0.638. The van der Waals surface area contributed by atoms with E-state index >= 15 is 0 Å². The highest BCUT2D eigenvalue weighted by Crippen LogP contribution is 1.96. The van der Waals surface area contributed by atoms with Crippen LogP contribution in [0.3, 0.4) is 0 Å². The first-order valence-corrected chi connectivity index (χ1v) is 4.26. The Kier molecular flexibility index (Phi) is 4.20. The van der Waals surface area contributed by atoms with Crippen LogP contribution < -0.4 is 5.32 Å². The van der Waals surface area contributed by atoms with E-state index < -0.39 is 0 Å². The van der Waals surface area contributed by atoms with Crippen LogP contribution in [0.15, 0.2) is 35.5 Å². The molecule has 1 amide bonds. The number of nitrogens with zero attached hydrogens (tertiary/aromatic N) is 1. The molecule has 1 rings (SSSR count). The van der Waals surface area contributed by atoms with Crippen molar-refractivity contribution in [3.8, 4) is 0 Å². The molecule has 0 aliphatic rings. The van der Waals surface area contributed by atoms with Crippen LogP contribution in [0.1, 0.15) is 10.4 Å². The number of nitrogens with one attached hydrogen (secondary N) is 1. The number of carbonyl (C=O) groups is 1. The fourth-order valence-electron chi connectivity index (χ4n) is 0.966. The van der Waals surface area contributed by atoms with Gasteiger partial charge in [0, 0.05) is 12.3 Å². The van der Waals surface area contributed by atoms with Crippen molar-refractivity contribution in [1.82, 2.24) is 5.32 Å². The van der Waals surface area contributed by atoms with E-state index in [0.29, 0.717) is 18.7 Å². The molecule has 0 aliphatic carbocycles. The van der Waals surface area contributed by atoms with Crippen LogP contribution in [0, 0.1) is 0 Å². The Morgan fingerprint density at radius 2 is 2.14 bits per heavy atom. The fourth-order valence-corrected chi connectivity index (χ4v) is 0.966. The molecule has 0 bridgehead atoms. The van der Waals surface area contributed by atoms with Crippen molar-refractivity contribution in [1.29, 1.82) is 0 Å². The number of rotatable bonds is 5. The number of carbonyl (C=O) groups excluding carboxylic acids is 1. The molecule has 0 fully saturated rings. The molecule has 14 heavy (non-hydrogen) atoms. The van der Waals surface area contributed by atoms with Gasteiger partial charge in [-0.1, -0.05) is 18.2 Å². The summed E-state index contributed by atoms with van der Waals surface area (Å²) in [7, 11) is 0. The molecule has 4 nitrogen and oxygen atoms in total. The van der Waals surface area contributed by atoms with Gasteiger partial charge in [-0.2, -0.15) is 0 Å². The minimum absolute atomic E-state index is 0.113. The lowest BCUT2D eigenvalue weighted by Crippen LogP contribution is -2.26. The maximum atomic E-state index is 11.4. The molecule has 0 atom stereocenters. The minimum Gasteiger partial charge on any atom is -0.394 e. The predicted molar refractivity (Wildman–Crippen MR) is 54.3 cm³/mol. The highest BCUT2D eigenvalue weighted by molar-refractivity contribution is 5.94. The van der Waals surface area contributed by atoms with Gasteiger partial charge < -0.3 is 10.2 Å². The summed E-state index contributed by atoms with van der Waals surface area (Å²) in [6.45, 7) is 3.91. The van der Waals surface area contributed by atoms with Crippen molar-refractivity contribution >= 4 is 12.6 Å². The summed E-state index contributed by atoms with van der Waals surface area (Å²) in [4.78, 5) is 16.0. The summed E-state index contributed by atoms with van der Waals surface area (Å²) in [5, 5.41) is 5.89. The van der Waals surface area contributed by atoms with Gasteiger partial charge in [-0.05, 0) is 12.1 Å². The minimum atomic E-state index is -0.113. The maximum Gasteiger partial charge on any atom is 0.251 e. The van der Waals surface area contributed by atoms with Gasteiger partial charge in [0.25, 0.3) is 5.91 Å². The zero-order valence-corrected chi connectivity index (χ0v) is 7.77. The molecular formula is C10H12N2O2. The lowest BCUT2D eigenvalue weighted by Gasteiger charge is -2.03. The quantitative estimate of drug-likeness (QED) is 0.430. The Hall–Kier alpha value is -1.84. The molecule has 0 saturated heterocycles. The molecule has 74 valence electrons. The lowest BCUT2D eigenvalue weighted by atomic mass is 10.2. The number of oxime groups is 1. The molecular weight excluding hydrogens is 180 g/mol. The molecule has 0 aromatic heterocycles. The molecule has 1 aromatic carbocycles. The Morgan fingerprint density at radius 3 is 2.79 bits per heavy atom. The van der Waals surface area contributed by atoms with E-state index in [9.17, 15) is 4.79 Å². The number of benzene rings is 1. The van der Waals surface area contributed by atoms with Gasteiger partial charge in [0.1, 0.15) is 6.61 Å². The van der Waals surface area contributed by atoms with Crippen LogP contribution in [0.4, 0.5) is 0 Å². The van der Waals surface area contributed by atoms with Crippen LogP contribution in [-0.2, 0) is 4.84 Å². The van der Waals surface area contributed by atoms with Crippen LogP contribution in [0.2, 0.25) is 0 Å². The first-order chi connectivity index (χ1) is 6.84. The molecule has 1 aromatic rings. The molecule has 0 heterocycles. The van der Waals surface area contributed by atoms with Gasteiger partial charge in [0.2, 0.25) is 0 Å². The maximum absolute atomic E-state index is 11.4. The topological polar surface area (TPSA) is 50.7 Å². The third-order valence-corrected chi connectivity index (χ3v) is 1.61. The third-order valence-electron chi connectivity index (χ3n) is 1.61. The molecule has 4 heteroatoms. The normalized spacial score (nSPS) is 9.14. The summed E-state index contributed by atoms with van der Waals surface area (Å²) in [6, 6.07) is 9.00. The van der Waals surface area contributed by atoms with E-state index in [1.165, 1.54) is 0 Å². The lowest BCUT2D eigenvalue weighted by molar-refractivity contribution is 0.0922. The zero-order valence-electron chi connectivity index (χ0n) is 7.77. The summed E-state index contributed by atoms with van der Waals surface area (Å²) < 4.78 is 0. The Morgan fingerprint density at radius 1 is 1.43 bits per heavy atom. The standard InChI is InChI=1S/C10H12N2O2/c1-11-14-8-7-12-10(13)9-5-3-2-4-6-9/h2-6H,1,7-8H2,(H,12,13). The largest absolute Gasteiger partial charge is 0.394 e. The van der Waals surface area contributed by atoms with Crippen LogP contribution in [0.5, 0.6) is 0 Å². The Labute approximate surface area is 82.6 Å². The predicted octanol–water partition coefficient (Wildman–Crippen LogP) is 1.05. The van der Waals surface area contributed by atoms with Gasteiger partial charge in [-0.25, -0.2) is 0 Å². The molecule has 1 N–H and O–H groups in total. The Bertz CT molecular complexity index is 298. The zero-order chi connectivity index (χ0) is 10.2. The highest BCUT2D eigenvalue weighted by Gasteiger charge is 2.02. The van der Waals surface area contributed by atoms with Gasteiger partial charge in [0.05, 0.1) is 6.54 Å². The van der Waals surface area contributed by atoms with E-state index in [2.05, 4.69) is 22.0 Å². The van der Waals surface area contributed by atoms with E-state index in [0.717, 1.165) is 0 Å². The number of hydrogen-bond acceptors (Lipinski definition) is 3. The average Bonchev–Trinajstić information content (AvgIpc) is 2.25. The fraction of sp³-hybridized carbons (Fsp3) is 0.200. The van der Waals surface area contributed by atoms with Crippen molar-refractivity contribution < 1.29 is 9.63 Å². The van der Waals surface area contributed by atoms with E-state index in [1.807, 2.05) is 18.2 Å². The van der Waals surface area contributed by atoms with Gasteiger partial charge in [-0.15, -0.1) is 5.16 Å². The number of amides is 1. The third kappa shape index (κ3) is 3.26. The van der Waals surface area contributed by atoms with Crippen LogP contribution in [0.25, 0.3) is 0 Å². The van der Waals surface area contributed by atoms with Crippen molar-refractivity contribution in [2.75, 3.05) is 13.2 Å². The SMILES string of the molecule is C=NOCCNC(=O)c1ccccc1. The van der Waals surface area contributed by atoms with Crippen LogP contribution >= 0.6 is 0 Å². The van der Waals surface area contributed by atoms with E-state index in [4.69, 9.17) is 0 Å². The van der Waals surface area contributed by atoms with Crippen LogP contribution in [-0.4, -0.2) is 25.8 Å². The Balaban J connectivity index is 2.32. The summed E-state index contributed by atoms with van der Waals surface area (Å²) in [6.07, 6.45) is 0. The highest BCUT2D eigenvalue weighted by atomic mass is 16.6. The second-order valence-electron chi connectivity index (χ2n) is 2.58. The summed E-state index contributed by atoms with van der Waals surface area (Å²) in [5.74, 6) is -0.113. The van der Waals surface area contributed by atoms with Gasteiger partial charge >= 0.3 is 0 Å². The van der Waals surface area contributed by atoms with Crippen molar-refractivity contribution in [3.05, 3.63) is 35.9 Å². The van der Waals surface area contributed by atoms with Crippen molar-refractivity contribution in [2.24, 2.45) is 5.16 Å². The monoisotopic (exact) mass is 192 g/mol. The smallest absolute Gasteiger partial charge is 0.251 e. The van der Waals surface area contributed by atoms with Gasteiger partial charge in [0.15, 0.2) is 0 Å². The molecule has 0 spiro atoms. The van der Waals surface area contributed by atoms with Crippen molar-refractivity contribution in [3.63, 3.8) is 0 Å². The first kappa shape index (κ1) is 10.2. The molecule has 0 aliphatic heterocycles. The van der Waals surface area contributed by atoms with E-state index in [1.54, 1.807) is 12.1 Å². The van der Waals surface area contributed by atoms with E-state index in [-0.39, 0.29) is 5.91 Å². The second kappa shape index (κ2) is 5.75. The average molecular weight is 192 g/mol. The molecule has 0 radical (unpaired) electrons. The summed E-state index contributed by atoms with van der Waals surface area (Å²) >= 11 is 0.